The van der Waals surface area contributed by atoms with Gasteiger partial charge in [-0.15, -0.1) is 21.5 Å². The van der Waals surface area contributed by atoms with Gasteiger partial charge in [-0.1, -0.05) is 41.9 Å². The predicted molar refractivity (Wildman–Crippen MR) is 119 cm³/mol. The van der Waals surface area contributed by atoms with Gasteiger partial charge in [0.2, 0.25) is 0 Å². The number of benzene rings is 2. The highest BCUT2D eigenvalue weighted by Crippen LogP contribution is 2.25. The first kappa shape index (κ1) is 18.5. The van der Waals surface area contributed by atoms with Crippen molar-refractivity contribution < 1.29 is 4.79 Å². The largest absolute Gasteiger partial charge is 0.322 e. The average molecular weight is 432 g/mol. The van der Waals surface area contributed by atoms with Crippen molar-refractivity contribution in [3.63, 3.8) is 0 Å². The van der Waals surface area contributed by atoms with Crippen LogP contribution < -0.4 is 5.32 Å². The van der Waals surface area contributed by atoms with E-state index in [4.69, 9.17) is 16.7 Å². The Bertz CT molecular complexity index is 1350. The third-order valence-corrected chi connectivity index (χ3v) is 5.76. The van der Waals surface area contributed by atoms with Crippen LogP contribution >= 0.6 is 22.9 Å². The minimum Gasteiger partial charge on any atom is -0.322 e. The predicted octanol–water partition coefficient (Wildman–Crippen LogP) is 5.43. The summed E-state index contributed by atoms with van der Waals surface area (Å²) in [6, 6.07) is 22.2. The molecule has 0 bridgehead atoms. The quantitative estimate of drug-likeness (QED) is 0.412. The smallest absolute Gasteiger partial charge is 0.257 e. The number of fused-ring (bicyclic) bond motifs is 1. The molecule has 0 aliphatic rings. The highest BCUT2D eigenvalue weighted by atomic mass is 35.5. The zero-order chi connectivity index (χ0) is 20.5. The van der Waals surface area contributed by atoms with Crippen molar-refractivity contribution in [1.82, 2.24) is 19.8 Å². The van der Waals surface area contributed by atoms with E-state index in [9.17, 15) is 4.79 Å². The van der Waals surface area contributed by atoms with Gasteiger partial charge in [-0.25, -0.2) is 0 Å². The maximum Gasteiger partial charge on any atom is 0.257 e. The molecule has 6 nitrogen and oxygen atoms in total. The second-order valence-electron chi connectivity index (χ2n) is 6.50. The summed E-state index contributed by atoms with van der Waals surface area (Å²) in [6.07, 6.45) is 0. The lowest BCUT2D eigenvalue weighted by Gasteiger charge is -2.08. The second kappa shape index (κ2) is 7.70. The first-order valence-electron chi connectivity index (χ1n) is 9.12. The zero-order valence-electron chi connectivity index (χ0n) is 15.5. The van der Waals surface area contributed by atoms with Crippen LogP contribution in [0.2, 0.25) is 5.02 Å². The van der Waals surface area contributed by atoms with Crippen LogP contribution in [0.15, 0.2) is 78.2 Å². The van der Waals surface area contributed by atoms with Crippen LogP contribution in [0.1, 0.15) is 10.4 Å². The van der Waals surface area contributed by atoms with Crippen molar-refractivity contribution in [3.05, 3.63) is 88.8 Å². The van der Waals surface area contributed by atoms with E-state index in [0.29, 0.717) is 27.7 Å². The number of amides is 1. The number of rotatable bonds is 4. The molecule has 8 heteroatoms. The van der Waals surface area contributed by atoms with Gasteiger partial charge in [-0.3, -0.25) is 4.79 Å². The van der Waals surface area contributed by atoms with Crippen LogP contribution in [0.25, 0.3) is 27.6 Å². The molecule has 0 atom stereocenters. The molecule has 0 spiro atoms. The Hall–Kier alpha value is -3.55. The van der Waals surface area contributed by atoms with Crippen molar-refractivity contribution >= 4 is 40.2 Å². The monoisotopic (exact) mass is 431 g/mol. The molecular formula is C22H14ClN5OS. The molecule has 3 aromatic heterocycles. The molecule has 5 aromatic rings. The maximum atomic E-state index is 12.4. The minimum atomic E-state index is -0.252. The molecule has 0 radical (unpaired) electrons. The zero-order valence-corrected chi connectivity index (χ0v) is 17.1. The molecule has 0 saturated heterocycles. The third-order valence-electron chi connectivity index (χ3n) is 4.56. The van der Waals surface area contributed by atoms with Crippen LogP contribution in [-0.2, 0) is 0 Å². The van der Waals surface area contributed by atoms with Gasteiger partial charge in [-0.05, 0) is 47.8 Å². The van der Waals surface area contributed by atoms with Crippen LogP contribution in [0.5, 0.6) is 0 Å². The SMILES string of the molecule is O=C(Nc1ccc(-c2ccc3nnc(-c4cccs4)n3n2)cc1)c1ccccc1Cl. The summed E-state index contributed by atoms with van der Waals surface area (Å²) in [7, 11) is 0. The van der Waals surface area contributed by atoms with E-state index in [0.717, 1.165) is 16.1 Å². The molecule has 5 rings (SSSR count). The summed E-state index contributed by atoms with van der Waals surface area (Å²) in [5.74, 6) is 0.462. The Morgan fingerprint density at radius 1 is 0.933 bits per heavy atom. The molecule has 0 aliphatic carbocycles. The van der Waals surface area contributed by atoms with E-state index < -0.39 is 0 Å². The van der Waals surface area contributed by atoms with E-state index in [1.54, 1.807) is 40.1 Å². The number of hydrogen-bond donors (Lipinski definition) is 1. The number of aromatic nitrogens is 4. The molecule has 0 aliphatic heterocycles. The van der Waals surface area contributed by atoms with Gasteiger partial charge in [0.1, 0.15) is 0 Å². The third kappa shape index (κ3) is 3.45. The topological polar surface area (TPSA) is 72.2 Å². The van der Waals surface area contributed by atoms with Crippen molar-refractivity contribution in [2.24, 2.45) is 0 Å². The van der Waals surface area contributed by atoms with Crippen LogP contribution in [0, 0.1) is 0 Å². The summed E-state index contributed by atoms with van der Waals surface area (Å²) in [6.45, 7) is 0. The highest BCUT2D eigenvalue weighted by Gasteiger charge is 2.12. The minimum absolute atomic E-state index is 0.252. The van der Waals surface area contributed by atoms with Crippen molar-refractivity contribution in [2.45, 2.75) is 0 Å². The van der Waals surface area contributed by atoms with Gasteiger partial charge in [0, 0.05) is 11.3 Å². The number of carbonyl (C=O) groups excluding carboxylic acids is 1. The summed E-state index contributed by atoms with van der Waals surface area (Å²) < 4.78 is 1.74. The van der Waals surface area contributed by atoms with Gasteiger partial charge < -0.3 is 5.32 Å². The number of carbonyl (C=O) groups is 1. The fourth-order valence-corrected chi connectivity index (χ4v) is 3.99. The van der Waals surface area contributed by atoms with Crippen LogP contribution in [0.4, 0.5) is 5.69 Å². The molecule has 1 N–H and O–H groups in total. The highest BCUT2D eigenvalue weighted by molar-refractivity contribution is 7.13. The van der Waals surface area contributed by atoms with E-state index in [2.05, 4.69) is 15.5 Å². The number of thiophene rings is 1. The second-order valence-corrected chi connectivity index (χ2v) is 7.86. The summed E-state index contributed by atoms with van der Waals surface area (Å²) in [5.41, 5.74) is 3.49. The average Bonchev–Trinajstić information content (AvgIpc) is 3.43. The molecule has 0 unspecified atom stereocenters. The van der Waals surface area contributed by atoms with Gasteiger partial charge in [0.05, 0.1) is 21.2 Å². The molecule has 1 amide bonds. The lowest BCUT2D eigenvalue weighted by Crippen LogP contribution is -2.12. The number of nitrogens with zero attached hydrogens (tertiary/aromatic N) is 4. The van der Waals surface area contributed by atoms with Gasteiger partial charge in [-0.2, -0.15) is 9.61 Å². The fraction of sp³-hybridized carbons (Fsp3) is 0. The van der Waals surface area contributed by atoms with Crippen molar-refractivity contribution in [1.29, 1.82) is 0 Å². The fourth-order valence-electron chi connectivity index (χ4n) is 3.07. The van der Waals surface area contributed by atoms with Gasteiger partial charge in [0.15, 0.2) is 11.5 Å². The normalized spacial score (nSPS) is 11.0. The number of nitrogens with one attached hydrogen (secondary N) is 1. The molecular weight excluding hydrogens is 418 g/mol. The first-order chi connectivity index (χ1) is 14.7. The van der Waals surface area contributed by atoms with Crippen LogP contribution in [0.3, 0.4) is 0 Å². The molecule has 3 heterocycles. The Labute approximate surface area is 180 Å². The Kier molecular flexibility index (Phi) is 4.74. The molecule has 146 valence electrons. The summed E-state index contributed by atoms with van der Waals surface area (Å²) in [5, 5.41) is 18.4. The van der Waals surface area contributed by atoms with Crippen LogP contribution in [-0.4, -0.2) is 25.7 Å². The maximum absolute atomic E-state index is 12.4. The Balaban J connectivity index is 1.41. The molecule has 2 aromatic carbocycles. The van der Waals surface area contributed by atoms with E-state index in [1.165, 1.54) is 0 Å². The van der Waals surface area contributed by atoms with Crippen molar-refractivity contribution in [2.75, 3.05) is 5.32 Å². The lowest BCUT2D eigenvalue weighted by molar-refractivity contribution is 0.102. The standard InChI is InChI=1S/C22H14ClN5OS/c23-17-5-2-1-4-16(17)22(29)24-15-9-7-14(8-10-15)18-11-12-20-25-26-21(28(20)27-18)19-6-3-13-30-19/h1-13H,(H,24,29). The Morgan fingerprint density at radius 3 is 2.53 bits per heavy atom. The van der Waals surface area contributed by atoms with E-state index in [-0.39, 0.29) is 5.91 Å². The van der Waals surface area contributed by atoms with E-state index >= 15 is 0 Å². The number of anilines is 1. The number of halogens is 1. The number of hydrogen-bond acceptors (Lipinski definition) is 5. The molecule has 30 heavy (non-hydrogen) atoms. The molecule has 0 fully saturated rings. The van der Waals surface area contributed by atoms with Gasteiger partial charge >= 0.3 is 0 Å². The van der Waals surface area contributed by atoms with Crippen molar-refractivity contribution in [3.8, 4) is 22.0 Å². The summed E-state index contributed by atoms with van der Waals surface area (Å²) in [4.78, 5) is 13.4. The summed E-state index contributed by atoms with van der Waals surface area (Å²) >= 11 is 7.69. The first-order valence-corrected chi connectivity index (χ1v) is 10.4. The van der Waals surface area contributed by atoms with E-state index in [1.807, 2.05) is 53.9 Å². The van der Waals surface area contributed by atoms with Gasteiger partial charge in [0.25, 0.3) is 5.91 Å². The lowest BCUT2D eigenvalue weighted by atomic mass is 10.1. The Morgan fingerprint density at radius 2 is 1.77 bits per heavy atom. The molecule has 0 saturated carbocycles.